The Morgan fingerprint density at radius 1 is 0.468 bits per heavy atom. The van der Waals surface area contributed by atoms with Gasteiger partial charge < -0.3 is 0 Å². The lowest BCUT2D eigenvalue weighted by atomic mass is 9.74. The van der Waals surface area contributed by atoms with E-state index in [1.165, 1.54) is 5.57 Å². The fourth-order valence-electron chi connectivity index (χ4n) is 7.89. The zero-order chi connectivity index (χ0) is 31.8. The maximum Gasteiger partial charge on any atom is 0.195 e. The van der Waals surface area contributed by atoms with Crippen LogP contribution in [0.5, 0.6) is 0 Å². The minimum atomic E-state index is -0.227. The molecule has 0 spiro atoms. The molecular weight excluding hydrogens is 580 g/mol. The molecule has 0 heterocycles. The van der Waals surface area contributed by atoms with Crippen LogP contribution in [0.25, 0.3) is 11.1 Å². The molecule has 5 aliphatic carbocycles. The van der Waals surface area contributed by atoms with Gasteiger partial charge in [-0.25, -0.2) is 0 Å². The SMILES string of the molecule is O=C1c2ccccc2C(=O)c2c1cccc2C1=C(c2cccc3c2C(=O)c2ccccc2C3=O)C(C2=CC=CC2)C(C2=CC=CC2)=C1. The number of hydrogen-bond acceptors (Lipinski definition) is 4. The number of allylic oxidation sites excluding steroid dienone is 12. The molecule has 0 aliphatic heterocycles. The fraction of sp³-hybridized carbons (Fsp3) is 0.0698. The Labute approximate surface area is 271 Å². The van der Waals surface area contributed by atoms with Crippen molar-refractivity contribution in [3.63, 3.8) is 0 Å². The molecule has 0 radical (unpaired) electrons. The molecule has 0 saturated carbocycles. The fourth-order valence-corrected chi connectivity index (χ4v) is 7.89. The van der Waals surface area contributed by atoms with E-state index in [1.807, 2.05) is 24.3 Å². The molecule has 5 aliphatic rings. The molecule has 0 bridgehead atoms. The summed E-state index contributed by atoms with van der Waals surface area (Å²) >= 11 is 0. The second-order valence-electron chi connectivity index (χ2n) is 12.4. The number of hydrogen-bond donors (Lipinski definition) is 0. The van der Waals surface area contributed by atoms with Gasteiger partial charge in [-0.3, -0.25) is 19.2 Å². The summed E-state index contributed by atoms with van der Waals surface area (Å²) in [6, 6.07) is 24.9. The average molecular weight is 607 g/mol. The van der Waals surface area contributed by atoms with Crippen LogP contribution in [0.2, 0.25) is 0 Å². The monoisotopic (exact) mass is 606 g/mol. The third kappa shape index (κ3) is 3.88. The van der Waals surface area contributed by atoms with Crippen molar-refractivity contribution in [2.45, 2.75) is 12.8 Å². The maximum atomic E-state index is 14.4. The minimum Gasteiger partial charge on any atom is -0.289 e. The van der Waals surface area contributed by atoms with Crippen molar-refractivity contribution >= 4 is 34.3 Å². The van der Waals surface area contributed by atoms with Crippen LogP contribution < -0.4 is 0 Å². The summed E-state index contributed by atoms with van der Waals surface area (Å²) in [5.74, 6) is -0.982. The van der Waals surface area contributed by atoms with Crippen LogP contribution in [0, 0.1) is 5.92 Å². The highest BCUT2D eigenvalue weighted by atomic mass is 16.1. The molecule has 0 amide bonds. The molecule has 4 nitrogen and oxygen atoms in total. The summed E-state index contributed by atoms with van der Waals surface area (Å²) in [5.41, 5.74) is 9.48. The lowest BCUT2D eigenvalue weighted by Crippen LogP contribution is -2.24. The van der Waals surface area contributed by atoms with Crippen LogP contribution in [0.1, 0.15) is 87.7 Å². The molecule has 222 valence electrons. The third-order valence-corrected chi connectivity index (χ3v) is 9.99. The molecule has 9 rings (SSSR count). The lowest BCUT2D eigenvalue weighted by Gasteiger charge is -2.27. The smallest absolute Gasteiger partial charge is 0.195 e. The van der Waals surface area contributed by atoms with Gasteiger partial charge in [0.2, 0.25) is 0 Å². The van der Waals surface area contributed by atoms with Crippen LogP contribution >= 0.6 is 0 Å². The van der Waals surface area contributed by atoms with E-state index < -0.39 is 0 Å². The largest absolute Gasteiger partial charge is 0.289 e. The first-order chi connectivity index (χ1) is 23.0. The van der Waals surface area contributed by atoms with Gasteiger partial charge in [-0.2, -0.15) is 0 Å². The molecular formula is C43H26O4. The first-order valence-corrected chi connectivity index (χ1v) is 15.8. The third-order valence-electron chi connectivity index (χ3n) is 9.99. The van der Waals surface area contributed by atoms with Crippen LogP contribution in [0.4, 0.5) is 0 Å². The van der Waals surface area contributed by atoms with E-state index in [1.54, 1.807) is 60.7 Å². The Bertz CT molecular complexity index is 2370. The van der Waals surface area contributed by atoms with E-state index in [2.05, 4.69) is 42.5 Å². The van der Waals surface area contributed by atoms with Gasteiger partial charge in [0, 0.05) is 50.4 Å². The highest BCUT2D eigenvalue weighted by Gasteiger charge is 2.40. The molecule has 0 saturated heterocycles. The Kier molecular flexibility index (Phi) is 5.97. The predicted octanol–water partition coefficient (Wildman–Crippen LogP) is 8.48. The standard InChI is InChI=1S/C43H26O4/c44-40-27-15-5-7-17-29(27)42(46)38-26(19-9-21-32(38)40)35-23-34(24-11-1-2-12-24)36(25-13-3-4-14-25)37(35)31-20-10-22-33-39(31)43(47)30-18-8-6-16-28(30)41(33)45/h1-11,13,15-23,36H,12,14H2. The van der Waals surface area contributed by atoms with Gasteiger partial charge >= 0.3 is 0 Å². The number of ketones is 4. The van der Waals surface area contributed by atoms with Gasteiger partial charge in [-0.05, 0) is 52.3 Å². The molecule has 4 aromatic rings. The Balaban J connectivity index is 1.36. The van der Waals surface area contributed by atoms with Crippen molar-refractivity contribution in [2.75, 3.05) is 0 Å². The highest BCUT2D eigenvalue weighted by Crippen LogP contribution is 2.53. The second-order valence-corrected chi connectivity index (χ2v) is 12.4. The molecule has 0 N–H and O–H groups in total. The number of rotatable bonds is 4. The number of fused-ring (bicyclic) bond motifs is 4. The van der Waals surface area contributed by atoms with Gasteiger partial charge in [-0.15, -0.1) is 0 Å². The molecule has 1 unspecified atom stereocenters. The quantitative estimate of drug-likeness (QED) is 0.202. The highest BCUT2D eigenvalue weighted by molar-refractivity contribution is 6.32. The summed E-state index contributed by atoms with van der Waals surface area (Å²) in [6.45, 7) is 0. The first-order valence-electron chi connectivity index (χ1n) is 15.8. The summed E-state index contributed by atoms with van der Waals surface area (Å²) in [4.78, 5) is 56.3. The number of benzene rings is 4. The maximum absolute atomic E-state index is 14.4. The van der Waals surface area contributed by atoms with Crippen molar-refractivity contribution in [1.29, 1.82) is 0 Å². The molecule has 0 fully saturated rings. The van der Waals surface area contributed by atoms with E-state index in [4.69, 9.17) is 0 Å². The van der Waals surface area contributed by atoms with Crippen molar-refractivity contribution in [3.05, 3.63) is 200 Å². The van der Waals surface area contributed by atoms with E-state index in [0.717, 1.165) is 35.1 Å². The lowest BCUT2D eigenvalue weighted by molar-refractivity contribution is 0.0979. The van der Waals surface area contributed by atoms with E-state index in [0.29, 0.717) is 55.6 Å². The van der Waals surface area contributed by atoms with Gasteiger partial charge in [-0.1, -0.05) is 127 Å². The zero-order valence-electron chi connectivity index (χ0n) is 25.2. The van der Waals surface area contributed by atoms with Crippen LogP contribution in [0.3, 0.4) is 0 Å². The normalized spacial score (nSPS) is 19.0. The summed E-state index contributed by atoms with van der Waals surface area (Å²) in [7, 11) is 0. The van der Waals surface area contributed by atoms with Gasteiger partial charge in [0.15, 0.2) is 23.1 Å². The summed E-state index contributed by atoms with van der Waals surface area (Å²) < 4.78 is 0. The van der Waals surface area contributed by atoms with Crippen molar-refractivity contribution < 1.29 is 19.2 Å². The number of carbonyl (C=O) groups is 4. The predicted molar refractivity (Wildman–Crippen MR) is 182 cm³/mol. The van der Waals surface area contributed by atoms with E-state index in [-0.39, 0.29) is 29.1 Å². The minimum absolute atomic E-state index is 0.180. The molecule has 4 heteroatoms. The molecule has 4 aromatic carbocycles. The van der Waals surface area contributed by atoms with Crippen molar-refractivity contribution in [1.82, 2.24) is 0 Å². The zero-order valence-corrected chi connectivity index (χ0v) is 25.2. The Morgan fingerprint density at radius 2 is 0.957 bits per heavy atom. The first kappa shape index (κ1) is 27.3. The molecule has 0 aromatic heterocycles. The Hall–Kier alpha value is -6.00. The summed E-state index contributed by atoms with van der Waals surface area (Å²) in [6.07, 6.45) is 16.3. The van der Waals surface area contributed by atoms with Crippen LogP contribution in [-0.4, -0.2) is 23.1 Å². The van der Waals surface area contributed by atoms with Gasteiger partial charge in [0.05, 0.1) is 0 Å². The van der Waals surface area contributed by atoms with E-state index >= 15 is 0 Å². The molecule has 1 atom stereocenters. The van der Waals surface area contributed by atoms with Gasteiger partial charge in [0.1, 0.15) is 0 Å². The average Bonchev–Trinajstić information content (AvgIpc) is 3.91. The Morgan fingerprint density at radius 3 is 1.51 bits per heavy atom. The van der Waals surface area contributed by atoms with Crippen molar-refractivity contribution in [3.8, 4) is 0 Å². The second kappa shape index (κ2) is 10.3. The number of carbonyl (C=O) groups excluding carboxylic acids is 4. The molecule has 47 heavy (non-hydrogen) atoms. The van der Waals surface area contributed by atoms with E-state index in [9.17, 15) is 19.2 Å². The summed E-state index contributed by atoms with van der Waals surface area (Å²) in [5, 5.41) is 0. The van der Waals surface area contributed by atoms with Crippen molar-refractivity contribution in [2.24, 2.45) is 5.92 Å². The topological polar surface area (TPSA) is 68.3 Å². The van der Waals surface area contributed by atoms with Crippen LogP contribution in [0.15, 0.2) is 144 Å². The van der Waals surface area contributed by atoms with Gasteiger partial charge in [0.25, 0.3) is 0 Å². The van der Waals surface area contributed by atoms with Crippen LogP contribution in [-0.2, 0) is 0 Å².